The number of hydrogen-bond donors (Lipinski definition) is 1. The lowest BCUT2D eigenvalue weighted by Crippen LogP contribution is -2.21. The van der Waals surface area contributed by atoms with E-state index in [9.17, 15) is 17.6 Å². The predicted molar refractivity (Wildman–Crippen MR) is 70.2 cm³/mol. The molecule has 1 N–H and O–H groups in total. The molecule has 5 nitrogen and oxygen atoms in total. The number of para-hydroxylation sites is 1. The van der Waals surface area contributed by atoms with Crippen LogP contribution in [-0.4, -0.2) is 39.5 Å². The molecule has 7 heteroatoms. The number of rotatable bonds is 7. The fourth-order valence-electron chi connectivity index (χ4n) is 1.34. The lowest BCUT2D eigenvalue weighted by Gasteiger charge is -2.06. The van der Waals surface area contributed by atoms with Crippen LogP contribution in [0.15, 0.2) is 24.3 Å². The Labute approximate surface area is 111 Å². The van der Waals surface area contributed by atoms with Gasteiger partial charge in [-0.1, -0.05) is 12.1 Å². The molecule has 19 heavy (non-hydrogen) atoms. The molecule has 0 aromatic heterocycles. The third-order valence-corrected chi connectivity index (χ3v) is 4.00. The number of sulfone groups is 1. The maximum atomic E-state index is 13.2. The maximum Gasteiger partial charge on any atom is 0.225 e. The average molecular weight is 289 g/mol. The summed E-state index contributed by atoms with van der Waals surface area (Å²) < 4.78 is 40.9. The highest BCUT2D eigenvalue weighted by molar-refractivity contribution is 7.91. The van der Waals surface area contributed by atoms with Crippen LogP contribution in [0.4, 0.5) is 10.1 Å². The smallest absolute Gasteiger partial charge is 0.225 e. The molecule has 0 heterocycles. The summed E-state index contributed by atoms with van der Waals surface area (Å²) in [5.74, 6) is -1.50. The highest BCUT2D eigenvalue weighted by Gasteiger charge is 2.14. The van der Waals surface area contributed by atoms with Crippen molar-refractivity contribution in [3.8, 4) is 0 Å². The Kier molecular flexibility index (Phi) is 5.91. The Morgan fingerprint density at radius 1 is 1.32 bits per heavy atom. The molecule has 0 atom stereocenters. The number of benzene rings is 1. The molecule has 0 aliphatic heterocycles. The Bertz CT molecular complexity index is 530. The fraction of sp³-hybridized carbons (Fsp3) is 0.417. The van der Waals surface area contributed by atoms with E-state index in [2.05, 4.69) is 10.1 Å². The highest BCUT2D eigenvalue weighted by atomic mass is 32.2. The summed E-state index contributed by atoms with van der Waals surface area (Å²) in [6.45, 7) is 0.0945. The summed E-state index contributed by atoms with van der Waals surface area (Å²) in [5.41, 5.74) is 0.0433. The molecule has 1 aromatic carbocycles. The molecule has 106 valence electrons. The van der Waals surface area contributed by atoms with E-state index in [1.807, 2.05) is 0 Å². The molecule has 0 bridgehead atoms. The van der Waals surface area contributed by atoms with Crippen molar-refractivity contribution < 1.29 is 22.3 Å². The monoisotopic (exact) mass is 289 g/mol. The molecule has 0 fully saturated rings. The number of methoxy groups -OCH3 is 1. The minimum atomic E-state index is -3.32. The lowest BCUT2D eigenvalue weighted by molar-refractivity contribution is -0.115. The van der Waals surface area contributed by atoms with Crippen molar-refractivity contribution in [1.82, 2.24) is 0 Å². The first-order valence-corrected chi connectivity index (χ1v) is 7.50. The van der Waals surface area contributed by atoms with Crippen LogP contribution < -0.4 is 5.32 Å². The summed E-state index contributed by atoms with van der Waals surface area (Å²) >= 11 is 0. The topological polar surface area (TPSA) is 72.5 Å². The van der Waals surface area contributed by atoms with Crippen molar-refractivity contribution in [1.29, 1.82) is 0 Å². The minimum absolute atomic E-state index is 0.0433. The third-order valence-electron chi connectivity index (χ3n) is 2.39. The van der Waals surface area contributed by atoms with Crippen LogP contribution in [0.2, 0.25) is 0 Å². The predicted octanol–water partition coefficient (Wildman–Crippen LogP) is 1.22. The second kappa shape index (κ2) is 7.20. The lowest BCUT2D eigenvalue weighted by atomic mass is 10.3. The Hall–Kier alpha value is -1.47. The molecule has 0 spiro atoms. The zero-order chi connectivity index (χ0) is 14.3. The normalized spacial score (nSPS) is 11.3. The number of amides is 1. The fourth-order valence-corrected chi connectivity index (χ4v) is 2.46. The van der Waals surface area contributed by atoms with Gasteiger partial charge in [0, 0.05) is 13.5 Å². The summed E-state index contributed by atoms with van der Waals surface area (Å²) in [6, 6.07) is 5.70. The number of carbonyl (C=O) groups is 1. The first kappa shape index (κ1) is 15.6. The van der Waals surface area contributed by atoms with Crippen LogP contribution in [0.3, 0.4) is 0 Å². The van der Waals surface area contributed by atoms with Gasteiger partial charge in [0.2, 0.25) is 5.91 Å². The van der Waals surface area contributed by atoms with Gasteiger partial charge in [-0.15, -0.1) is 0 Å². The molecule has 0 unspecified atom stereocenters. The molecular formula is C12H16FNO4S. The van der Waals surface area contributed by atoms with E-state index in [-0.39, 0.29) is 30.2 Å². The minimum Gasteiger partial charge on any atom is -0.384 e. The average Bonchev–Trinajstić information content (AvgIpc) is 2.37. The van der Waals surface area contributed by atoms with E-state index in [0.29, 0.717) is 0 Å². The van der Waals surface area contributed by atoms with E-state index in [0.717, 1.165) is 0 Å². The quantitative estimate of drug-likeness (QED) is 0.819. The van der Waals surface area contributed by atoms with Crippen molar-refractivity contribution >= 4 is 21.4 Å². The Morgan fingerprint density at radius 3 is 2.63 bits per heavy atom. The van der Waals surface area contributed by atoms with E-state index in [1.165, 1.54) is 25.3 Å². The first-order valence-electron chi connectivity index (χ1n) is 5.68. The number of carbonyl (C=O) groups excluding carboxylic acids is 1. The molecule has 1 amide bonds. The summed E-state index contributed by atoms with van der Waals surface area (Å²) in [5, 5.41) is 2.33. The van der Waals surface area contributed by atoms with E-state index >= 15 is 0 Å². The SMILES string of the molecule is COCCS(=O)(=O)CCC(=O)Nc1ccccc1F. The zero-order valence-electron chi connectivity index (χ0n) is 10.6. The molecule has 1 rings (SSSR count). The van der Waals surface area contributed by atoms with Gasteiger partial charge in [0.15, 0.2) is 9.84 Å². The van der Waals surface area contributed by atoms with Crippen LogP contribution in [0, 0.1) is 5.82 Å². The largest absolute Gasteiger partial charge is 0.384 e. The van der Waals surface area contributed by atoms with Crippen LogP contribution in [-0.2, 0) is 19.4 Å². The number of ether oxygens (including phenoxy) is 1. The van der Waals surface area contributed by atoms with Gasteiger partial charge in [0.1, 0.15) is 5.82 Å². The van der Waals surface area contributed by atoms with Crippen molar-refractivity contribution in [3.63, 3.8) is 0 Å². The summed E-state index contributed by atoms with van der Waals surface area (Å²) in [7, 11) is -1.92. The van der Waals surface area contributed by atoms with E-state index in [1.54, 1.807) is 6.07 Å². The Morgan fingerprint density at radius 2 is 2.00 bits per heavy atom. The van der Waals surface area contributed by atoms with Gasteiger partial charge in [-0.2, -0.15) is 0 Å². The third kappa shape index (κ3) is 5.80. The summed E-state index contributed by atoms with van der Waals surface area (Å²) in [6.07, 6.45) is -0.208. The molecule has 0 saturated heterocycles. The van der Waals surface area contributed by atoms with Gasteiger partial charge in [0.05, 0.1) is 23.8 Å². The van der Waals surface area contributed by atoms with Crippen LogP contribution >= 0.6 is 0 Å². The molecule has 0 aliphatic rings. The van der Waals surface area contributed by atoms with Gasteiger partial charge < -0.3 is 10.1 Å². The van der Waals surface area contributed by atoms with Crippen molar-refractivity contribution in [2.75, 3.05) is 30.5 Å². The van der Waals surface area contributed by atoms with E-state index in [4.69, 9.17) is 0 Å². The Balaban J connectivity index is 2.47. The zero-order valence-corrected chi connectivity index (χ0v) is 11.4. The number of hydrogen-bond acceptors (Lipinski definition) is 4. The molecular weight excluding hydrogens is 273 g/mol. The van der Waals surface area contributed by atoms with Gasteiger partial charge >= 0.3 is 0 Å². The van der Waals surface area contributed by atoms with Gasteiger partial charge in [-0.05, 0) is 12.1 Å². The van der Waals surface area contributed by atoms with Crippen molar-refractivity contribution in [2.24, 2.45) is 0 Å². The van der Waals surface area contributed by atoms with Crippen LogP contribution in [0.1, 0.15) is 6.42 Å². The van der Waals surface area contributed by atoms with Gasteiger partial charge in [0.25, 0.3) is 0 Å². The molecule has 0 aliphatic carbocycles. The number of halogens is 1. The molecule has 0 saturated carbocycles. The van der Waals surface area contributed by atoms with Crippen LogP contribution in [0.5, 0.6) is 0 Å². The van der Waals surface area contributed by atoms with Crippen molar-refractivity contribution in [3.05, 3.63) is 30.1 Å². The summed E-state index contributed by atoms with van der Waals surface area (Å²) in [4.78, 5) is 11.5. The second-order valence-electron chi connectivity index (χ2n) is 3.92. The number of nitrogens with one attached hydrogen (secondary N) is 1. The molecule has 0 radical (unpaired) electrons. The maximum absolute atomic E-state index is 13.2. The standard InChI is InChI=1S/C12H16FNO4S/c1-18-7-9-19(16,17)8-6-12(15)14-11-5-3-2-4-10(11)13/h2-5H,6-9H2,1H3,(H,14,15). The van der Waals surface area contributed by atoms with Crippen molar-refractivity contribution in [2.45, 2.75) is 6.42 Å². The van der Waals surface area contributed by atoms with Gasteiger partial charge in [-0.3, -0.25) is 4.79 Å². The van der Waals surface area contributed by atoms with Crippen LogP contribution in [0.25, 0.3) is 0 Å². The van der Waals surface area contributed by atoms with Gasteiger partial charge in [-0.25, -0.2) is 12.8 Å². The van der Waals surface area contributed by atoms with E-state index < -0.39 is 21.6 Å². The molecule has 1 aromatic rings. The highest BCUT2D eigenvalue weighted by Crippen LogP contribution is 2.12. The second-order valence-corrected chi connectivity index (χ2v) is 6.23. The first-order chi connectivity index (χ1) is 8.94. The number of anilines is 1.